The number of hydrogen-bond donors (Lipinski definition) is 0. The molecular weight excluding hydrogens is 331 g/mol. The Kier molecular flexibility index (Phi) is 4.38. The van der Waals surface area contributed by atoms with Crippen LogP contribution in [-0.4, -0.2) is 5.78 Å². The summed E-state index contributed by atoms with van der Waals surface area (Å²) in [6.07, 6.45) is 0.0898. The maximum absolute atomic E-state index is 13.9. The van der Waals surface area contributed by atoms with Gasteiger partial charge in [0.05, 0.1) is 5.56 Å². The van der Waals surface area contributed by atoms with Crippen LogP contribution in [0.2, 0.25) is 5.02 Å². The van der Waals surface area contributed by atoms with Crippen molar-refractivity contribution >= 4 is 33.3 Å². The zero-order valence-electron chi connectivity index (χ0n) is 10.2. The second kappa shape index (κ2) is 5.85. The Bertz CT molecular complexity index is 640. The molecule has 0 amide bonds. The third-order valence-electron chi connectivity index (χ3n) is 2.86. The molecule has 0 atom stereocenters. The maximum atomic E-state index is 13.9. The first-order valence-corrected chi connectivity index (χ1v) is 6.88. The van der Waals surface area contributed by atoms with Crippen LogP contribution in [0.4, 0.5) is 4.39 Å². The van der Waals surface area contributed by atoms with Gasteiger partial charge in [0.1, 0.15) is 5.82 Å². The number of benzene rings is 2. The summed E-state index contributed by atoms with van der Waals surface area (Å²) in [6, 6.07) is 10.1. The molecular formula is C15H11BrClFO. The lowest BCUT2D eigenvalue weighted by Crippen LogP contribution is -2.07. The van der Waals surface area contributed by atoms with E-state index in [1.54, 1.807) is 37.3 Å². The van der Waals surface area contributed by atoms with Gasteiger partial charge in [-0.1, -0.05) is 45.7 Å². The van der Waals surface area contributed by atoms with Gasteiger partial charge in [-0.2, -0.15) is 0 Å². The average molecular weight is 342 g/mol. The normalized spacial score (nSPS) is 10.5. The number of hydrogen-bond acceptors (Lipinski definition) is 1. The lowest BCUT2D eigenvalue weighted by atomic mass is 10.0. The molecule has 2 aromatic rings. The lowest BCUT2D eigenvalue weighted by molar-refractivity contribution is 0.0989. The second-order valence-electron chi connectivity index (χ2n) is 4.27. The lowest BCUT2D eigenvalue weighted by Gasteiger charge is -2.06. The molecule has 0 radical (unpaired) electrons. The molecule has 4 heteroatoms. The fourth-order valence-corrected chi connectivity index (χ4v) is 2.54. The highest BCUT2D eigenvalue weighted by Crippen LogP contribution is 2.23. The van der Waals surface area contributed by atoms with Crippen molar-refractivity contribution in [1.29, 1.82) is 0 Å². The number of ketones is 1. The Morgan fingerprint density at radius 3 is 2.74 bits per heavy atom. The number of carbonyl (C=O) groups excluding carboxylic acids is 1. The van der Waals surface area contributed by atoms with Crippen molar-refractivity contribution in [3.05, 3.63) is 68.4 Å². The average Bonchev–Trinajstić information content (AvgIpc) is 2.36. The van der Waals surface area contributed by atoms with E-state index in [1.165, 1.54) is 6.07 Å². The standard InChI is InChI=1S/C15H11BrClFO/c1-9-3-2-4-12(15(9)18)14(19)7-10-5-6-11(16)8-13(10)17/h2-6,8H,7H2,1H3. The summed E-state index contributed by atoms with van der Waals surface area (Å²) in [4.78, 5) is 12.1. The van der Waals surface area contributed by atoms with Crippen LogP contribution in [0.5, 0.6) is 0 Å². The Morgan fingerprint density at radius 2 is 2.05 bits per heavy atom. The zero-order chi connectivity index (χ0) is 14.0. The Hall–Kier alpha value is -1.19. The predicted molar refractivity (Wildman–Crippen MR) is 78.3 cm³/mol. The van der Waals surface area contributed by atoms with E-state index in [4.69, 9.17) is 11.6 Å². The van der Waals surface area contributed by atoms with Crippen molar-refractivity contribution in [3.8, 4) is 0 Å². The number of rotatable bonds is 3. The molecule has 0 heterocycles. The first-order chi connectivity index (χ1) is 8.99. The van der Waals surface area contributed by atoms with Crippen LogP contribution in [0, 0.1) is 12.7 Å². The highest BCUT2D eigenvalue weighted by Gasteiger charge is 2.15. The molecule has 0 aliphatic carbocycles. The molecule has 19 heavy (non-hydrogen) atoms. The van der Waals surface area contributed by atoms with Crippen LogP contribution in [0.1, 0.15) is 21.5 Å². The first-order valence-electron chi connectivity index (χ1n) is 5.71. The molecule has 0 bridgehead atoms. The molecule has 0 N–H and O–H groups in total. The number of halogens is 3. The minimum Gasteiger partial charge on any atom is -0.294 e. The predicted octanol–water partition coefficient (Wildman–Crippen LogP) is 4.98. The van der Waals surface area contributed by atoms with Crippen LogP contribution >= 0.6 is 27.5 Å². The first kappa shape index (κ1) is 14.2. The summed E-state index contributed by atoms with van der Waals surface area (Å²) < 4.78 is 14.7. The molecule has 0 aliphatic rings. The monoisotopic (exact) mass is 340 g/mol. The zero-order valence-corrected chi connectivity index (χ0v) is 12.6. The van der Waals surface area contributed by atoms with E-state index in [0.717, 1.165) is 4.47 Å². The molecule has 0 unspecified atom stereocenters. The molecule has 2 rings (SSSR count). The highest BCUT2D eigenvalue weighted by atomic mass is 79.9. The summed E-state index contributed by atoms with van der Waals surface area (Å²) >= 11 is 9.36. The van der Waals surface area contributed by atoms with E-state index in [9.17, 15) is 9.18 Å². The Morgan fingerprint density at radius 1 is 1.32 bits per heavy atom. The van der Waals surface area contributed by atoms with E-state index in [2.05, 4.69) is 15.9 Å². The molecule has 0 saturated carbocycles. The second-order valence-corrected chi connectivity index (χ2v) is 5.60. The third-order valence-corrected chi connectivity index (χ3v) is 3.70. The third kappa shape index (κ3) is 3.23. The molecule has 1 nitrogen and oxygen atoms in total. The maximum Gasteiger partial charge on any atom is 0.170 e. The van der Waals surface area contributed by atoms with Gasteiger partial charge >= 0.3 is 0 Å². The fraction of sp³-hybridized carbons (Fsp3) is 0.133. The van der Waals surface area contributed by atoms with Gasteiger partial charge in [0, 0.05) is 15.9 Å². The van der Waals surface area contributed by atoms with Crippen molar-refractivity contribution in [1.82, 2.24) is 0 Å². The highest BCUT2D eigenvalue weighted by molar-refractivity contribution is 9.10. The number of carbonyl (C=O) groups is 1. The van der Waals surface area contributed by atoms with Crippen LogP contribution in [0.15, 0.2) is 40.9 Å². The van der Waals surface area contributed by atoms with E-state index < -0.39 is 5.82 Å². The van der Waals surface area contributed by atoms with Gasteiger partial charge in [-0.3, -0.25) is 4.79 Å². The van der Waals surface area contributed by atoms with Gasteiger partial charge in [0.25, 0.3) is 0 Å². The number of Topliss-reactive ketones (excluding diaryl/α,β-unsaturated/α-hetero) is 1. The minimum absolute atomic E-state index is 0.0898. The Balaban J connectivity index is 2.28. The van der Waals surface area contributed by atoms with Gasteiger partial charge in [0.2, 0.25) is 0 Å². The fourth-order valence-electron chi connectivity index (χ4n) is 1.80. The molecule has 2 aromatic carbocycles. The molecule has 0 aromatic heterocycles. The van der Waals surface area contributed by atoms with Crippen LogP contribution in [0.25, 0.3) is 0 Å². The summed E-state index contributed by atoms with van der Waals surface area (Å²) in [6.45, 7) is 1.64. The van der Waals surface area contributed by atoms with Crippen LogP contribution in [0.3, 0.4) is 0 Å². The molecule has 0 spiro atoms. The van der Waals surface area contributed by atoms with Gasteiger partial charge < -0.3 is 0 Å². The van der Waals surface area contributed by atoms with Gasteiger partial charge in [-0.15, -0.1) is 0 Å². The van der Waals surface area contributed by atoms with Crippen LogP contribution in [-0.2, 0) is 6.42 Å². The van der Waals surface area contributed by atoms with Crippen molar-refractivity contribution in [2.45, 2.75) is 13.3 Å². The minimum atomic E-state index is -0.458. The summed E-state index contributed by atoms with van der Waals surface area (Å²) in [5.74, 6) is -0.730. The van der Waals surface area contributed by atoms with Crippen molar-refractivity contribution in [3.63, 3.8) is 0 Å². The molecule has 0 fully saturated rings. The topological polar surface area (TPSA) is 17.1 Å². The van der Waals surface area contributed by atoms with Crippen molar-refractivity contribution in [2.24, 2.45) is 0 Å². The van der Waals surface area contributed by atoms with E-state index in [0.29, 0.717) is 16.1 Å². The molecule has 0 saturated heterocycles. The quantitative estimate of drug-likeness (QED) is 0.720. The Labute approximate surface area is 124 Å². The van der Waals surface area contributed by atoms with E-state index in [-0.39, 0.29) is 17.8 Å². The summed E-state index contributed by atoms with van der Waals surface area (Å²) in [5, 5.41) is 0.496. The van der Waals surface area contributed by atoms with Gasteiger partial charge in [-0.05, 0) is 36.2 Å². The summed E-state index contributed by atoms with van der Waals surface area (Å²) in [7, 11) is 0. The van der Waals surface area contributed by atoms with Crippen molar-refractivity contribution < 1.29 is 9.18 Å². The smallest absolute Gasteiger partial charge is 0.170 e. The van der Waals surface area contributed by atoms with Crippen LogP contribution < -0.4 is 0 Å². The largest absolute Gasteiger partial charge is 0.294 e. The van der Waals surface area contributed by atoms with Crippen molar-refractivity contribution in [2.75, 3.05) is 0 Å². The molecule has 0 aliphatic heterocycles. The number of aryl methyl sites for hydroxylation is 1. The van der Waals surface area contributed by atoms with Gasteiger partial charge in [-0.25, -0.2) is 4.39 Å². The molecule has 98 valence electrons. The summed E-state index contributed by atoms with van der Waals surface area (Å²) in [5.41, 5.74) is 1.27. The SMILES string of the molecule is Cc1cccc(C(=O)Cc2ccc(Br)cc2Cl)c1F. The van der Waals surface area contributed by atoms with Gasteiger partial charge in [0.15, 0.2) is 5.78 Å². The van der Waals surface area contributed by atoms with E-state index in [1.807, 2.05) is 0 Å². The van der Waals surface area contributed by atoms with E-state index >= 15 is 0 Å².